The van der Waals surface area contributed by atoms with Crippen LogP contribution in [0.15, 0.2) is 47.6 Å². The minimum absolute atomic E-state index is 0. The first-order chi connectivity index (χ1) is 11.6. The summed E-state index contributed by atoms with van der Waals surface area (Å²) in [5.41, 5.74) is 2.08. The highest BCUT2D eigenvalue weighted by Gasteiger charge is 2.28. The normalized spacial score (nSPS) is 17.1. The van der Waals surface area contributed by atoms with Crippen LogP contribution in [0.2, 0.25) is 0 Å². The lowest BCUT2D eigenvalue weighted by atomic mass is 10.2. The smallest absolute Gasteiger partial charge is 0.194 e. The van der Waals surface area contributed by atoms with Crippen molar-refractivity contribution in [2.24, 2.45) is 4.99 Å². The molecule has 5 nitrogen and oxygen atoms in total. The molecule has 0 radical (unpaired) electrons. The van der Waals surface area contributed by atoms with Crippen molar-refractivity contribution in [1.82, 2.24) is 20.0 Å². The van der Waals surface area contributed by atoms with Crippen molar-refractivity contribution in [1.29, 1.82) is 0 Å². The molecule has 136 valence electrons. The first-order valence-corrected chi connectivity index (χ1v) is 9.25. The maximum absolute atomic E-state index is 4.64. The number of hydrogen-bond donors (Lipinski definition) is 1. The van der Waals surface area contributed by atoms with Crippen LogP contribution >= 0.6 is 35.7 Å². The van der Waals surface area contributed by atoms with E-state index in [2.05, 4.69) is 46.3 Å². The van der Waals surface area contributed by atoms with Crippen molar-refractivity contribution in [3.05, 3.63) is 48.3 Å². The van der Waals surface area contributed by atoms with Gasteiger partial charge in [0, 0.05) is 36.8 Å². The highest BCUT2D eigenvalue weighted by Crippen LogP contribution is 2.29. The molecule has 0 amide bonds. The summed E-state index contributed by atoms with van der Waals surface area (Å²) in [5, 5.41) is 8.09. The lowest BCUT2D eigenvalue weighted by Gasteiger charge is -2.39. The summed E-state index contributed by atoms with van der Waals surface area (Å²) in [6, 6.07) is 12.2. The fourth-order valence-corrected chi connectivity index (χ4v) is 3.99. The zero-order valence-electron chi connectivity index (χ0n) is 15.0. The average Bonchev–Trinajstić information content (AvgIpc) is 3.04. The highest BCUT2D eigenvalue weighted by molar-refractivity contribution is 14.0. The molecule has 1 N–H and O–H groups in total. The Morgan fingerprint density at radius 3 is 2.72 bits per heavy atom. The van der Waals surface area contributed by atoms with Crippen LogP contribution in [0.4, 0.5) is 0 Å². The Kier molecular flexibility index (Phi) is 7.18. The van der Waals surface area contributed by atoms with Gasteiger partial charge in [-0.1, -0.05) is 18.2 Å². The molecule has 0 spiro atoms. The van der Waals surface area contributed by atoms with Gasteiger partial charge in [-0.15, -0.1) is 24.0 Å². The molecule has 0 bridgehead atoms. The van der Waals surface area contributed by atoms with Gasteiger partial charge < -0.3 is 10.2 Å². The van der Waals surface area contributed by atoms with Crippen LogP contribution in [0.25, 0.3) is 5.69 Å². The minimum atomic E-state index is 0. The van der Waals surface area contributed by atoms with Crippen molar-refractivity contribution in [3.63, 3.8) is 0 Å². The predicted octanol–water partition coefficient (Wildman–Crippen LogP) is 3.39. The van der Waals surface area contributed by atoms with Crippen LogP contribution in [0.1, 0.15) is 19.5 Å². The molecule has 7 heteroatoms. The van der Waals surface area contributed by atoms with Gasteiger partial charge >= 0.3 is 0 Å². The quantitative estimate of drug-likeness (QED) is 0.424. The lowest BCUT2D eigenvalue weighted by molar-refractivity contribution is 0.375. The Balaban J connectivity index is 0.00000225. The van der Waals surface area contributed by atoms with E-state index in [0.29, 0.717) is 6.54 Å². The van der Waals surface area contributed by atoms with Crippen LogP contribution in [0.5, 0.6) is 0 Å². The molecule has 2 heterocycles. The fourth-order valence-electron chi connectivity index (χ4n) is 2.88. The van der Waals surface area contributed by atoms with Crippen molar-refractivity contribution in [2.45, 2.75) is 25.1 Å². The van der Waals surface area contributed by atoms with Gasteiger partial charge in [-0.25, -0.2) is 4.68 Å². The van der Waals surface area contributed by atoms with Crippen LogP contribution in [0.3, 0.4) is 0 Å². The molecule has 0 unspecified atom stereocenters. The van der Waals surface area contributed by atoms with Crippen molar-refractivity contribution in [2.75, 3.05) is 25.9 Å². The number of rotatable bonds is 3. The Labute approximate surface area is 171 Å². The predicted molar refractivity (Wildman–Crippen MR) is 117 cm³/mol. The first kappa shape index (κ1) is 20.1. The Hall–Kier alpha value is -1.22. The summed E-state index contributed by atoms with van der Waals surface area (Å²) >= 11 is 2.03. The summed E-state index contributed by atoms with van der Waals surface area (Å²) in [7, 11) is 1.85. The molecular weight excluding hydrogens is 445 g/mol. The molecule has 1 aliphatic rings. The molecule has 1 fully saturated rings. The largest absolute Gasteiger partial charge is 0.351 e. The monoisotopic (exact) mass is 471 g/mol. The van der Waals surface area contributed by atoms with Gasteiger partial charge in [-0.05, 0) is 32.0 Å². The van der Waals surface area contributed by atoms with Crippen LogP contribution < -0.4 is 5.32 Å². The van der Waals surface area contributed by atoms with Crippen molar-refractivity contribution in [3.8, 4) is 5.69 Å². The Morgan fingerprint density at radius 1 is 1.28 bits per heavy atom. The number of nitrogens with zero attached hydrogens (tertiary/aromatic N) is 4. The van der Waals surface area contributed by atoms with E-state index in [9.17, 15) is 0 Å². The van der Waals surface area contributed by atoms with E-state index in [0.717, 1.165) is 36.2 Å². The van der Waals surface area contributed by atoms with E-state index >= 15 is 0 Å². The molecule has 0 saturated carbocycles. The lowest BCUT2D eigenvalue weighted by Crippen LogP contribution is -2.50. The Morgan fingerprint density at radius 2 is 2.04 bits per heavy atom. The minimum Gasteiger partial charge on any atom is -0.351 e. The average molecular weight is 471 g/mol. The molecule has 1 aliphatic heterocycles. The van der Waals surface area contributed by atoms with Crippen molar-refractivity contribution < 1.29 is 0 Å². The van der Waals surface area contributed by atoms with Crippen LogP contribution in [-0.2, 0) is 6.54 Å². The summed E-state index contributed by atoms with van der Waals surface area (Å²) in [5.74, 6) is 2.09. The topological polar surface area (TPSA) is 45.5 Å². The summed E-state index contributed by atoms with van der Waals surface area (Å²) < 4.78 is 2.17. The third-order valence-corrected chi connectivity index (χ3v) is 5.33. The number of benzene rings is 1. The molecule has 25 heavy (non-hydrogen) atoms. The van der Waals surface area contributed by atoms with E-state index < -0.39 is 0 Å². The number of aliphatic imine (C=N–C) groups is 1. The molecule has 1 saturated heterocycles. The van der Waals surface area contributed by atoms with Crippen molar-refractivity contribution >= 4 is 41.7 Å². The second kappa shape index (κ2) is 8.93. The summed E-state index contributed by atoms with van der Waals surface area (Å²) in [6.07, 6.45) is 2.00. The molecule has 0 aliphatic carbocycles. The number of para-hydroxylation sites is 1. The number of aromatic nitrogens is 2. The van der Waals surface area contributed by atoms with Gasteiger partial charge in [0.2, 0.25) is 0 Å². The number of thioether (sulfide) groups is 1. The SMILES string of the molecule is CN=C(NCc1ccn(-c2ccccc2)n1)N1CCSC(C)(C)C1.I. The molecular formula is C18H26IN5S. The maximum Gasteiger partial charge on any atom is 0.194 e. The molecule has 2 aromatic rings. The van der Waals surface area contributed by atoms with Gasteiger partial charge in [-0.2, -0.15) is 16.9 Å². The number of hydrogen-bond acceptors (Lipinski definition) is 3. The first-order valence-electron chi connectivity index (χ1n) is 8.27. The zero-order chi connectivity index (χ0) is 17.0. The van der Waals surface area contributed by atoms with E-state index in [-0.39, 0.29) is 28.7 Å². The second-order valence-electron chi connectivity index (χ2n) is 6.52. The summed E-state index contributed by atoms with van der Waals surface area (Å²) in [4.78, 5) is 6.78. The van der Waals surface area contributed by atoms with Crippen LogP contribution in [0, 0.1) is 0 Å². The number of guanidine groups is 1. The fraction of sp³-hybridized carbons (Fsp3) is 0.444. The third-order valence-electron chi connectivity index (χ3n) is 4.03. The maximum atomic E-state index is 4.64. The highest BCUT2D eigenvalue weighted by atomic mass is 127. The van der Waals surface area contributed by atoms with Crippen LogP contribution in [-0.4, -0.2) is 51.3 Å². The van der Waals surface area contributed by atoms with E-state index in [1.807, 2.05) is 54.0 Å². The van der Waals surface area contributed by atoms with E-state index in [1.54, 1.807) is 0 Å². The molecule has 1 aromatic carbocycles. The summed E-state index contributed by atoms with van der Waals surface area (Å²) in [6.45, 7) is 7.30. The zero-order valence-corrected chi connectivity index (χ0v) is 18.1. The molecule has 0 atom stereocenters. The van der Waals surface area contributed by atoms with Gasteiger partial charge in [-0.3, -0.25) is 4.99 Å². The molecule has 1 aromatic heterocycles. The van der Waals surface area contributed by atoms with Gasteiger partial charge in [0.25, 0.3) is 0 Å². The molecule has 3 rings (SSSR count). The van der Waals surface area contributed by atoms with E-state index in [1.165, 1.54) is 0 Å². The second-order valence-corrected chi connectivity index (χ2v) is 8.32. The Bertz CT molecular complexity index is 699. The number of halogens is 1. The van der Waals surface area contributed by atoms with Gasteiger partial charge in [0.1, 0.15) is 0 Å². The van der Waals surface area contributed by atoms with Gasteiger partial charge in [0.05, 0.1) is 17.9 Å². The number of nitrogens with one attached hydrogen (secondary N) is 1. The third kappa shape index (κ3) is 5.37. The standard InChI is InChI=1S/C18H25N5S.HI/c1-18(2)14-22(11-12-24-18)17(19-3)20-13-15-9-10-23(21-15)16-7-5-4-6-8-16;/h4-10H,11-14H2,1-3H3,(H,19,20);1H. The van der Waals surface area contributed by atoms with E-state index in [4.69, 9.17) is 0 Å². The van der Waals surface area contributed by atoms with Gasteiger partial charge in [0.15, 0.2) is 5.96 Å².